The van der Waals surface area contributed by atoms with Gasteiger partial charge in [0.05, 0.1) is 5.92 Å². The fourth-order valence-electron chi connectivity index (χ4n) is 5.81. The molecular weight excluding hydrogens is 487 g/mol. The molecule has 1 aliphatic heterocycles. The Kier molecular flexibility index (Phi) is 6.70. The van der Waals surface area contributed by atoms with Crippen LogP contribution in [0.25, 0.3) is 11.4 Å². The highest BCUT2D eigenvalue weighted by Crippen LogP contribution is 2.62. The molecule has 0 bridgehead atoms. The van der Waals surface area contributed by atoms with Gasteiger partial charge in [-0.05, 0) is 61.2 Å². The summed E-state index contributed by atoms with van der Waals surface area (Å²) in [5.41, 5.74) is 2.15. The molecule has 1 spiro atoms. The highest BCUT2D eigenvalue weighted by molar-refractivity contribution is 7.99. The highest BCUT2D eigenvalue weighted by atomic mass is 32.2. The van der Waals surface area contributed by atoms with Gasteiger partial charge in [0.25, 0.3) is 0 Å². The van der Waals surface area contributed by atoms with E-state index in [4.69, 9.17) is 0 Å². The normalized spacial score (nSPS) is 28.2. The molecule has 194 valence electrons. The minimum Gasteiger partial charge on any atom is -0.318 e. The number of halogens is 3. The summed E-state index contributed by atoms with van der Waals surface area (Å²) >= 11 is 1.68. The second-order valence-corrected chi connectivity index (χ2v) is 11.6. The van der Waals surface area contributed by atoms with Crippen molar-refractivity contribution in [3.05, 3.63) is 52.5 Å². The Morgan fingerprint density at radius 1 is 1.22 bits per heavy atom. The average Bonchev–Trinajstić information content (AvgIpc) is 3.16. The van der Waals surface area contributed by atoms with Crippen LogP contribution in [-0.4, -0.2) is 55.8 Å². The van der Waals surface area contributed by atoms with Crippen LogP contribution in [0.1, 0.15) is 26.2 Å². The van der Waals surface area contributed by atoms with Crippen molar-refractivity contribution in [2.75, 3.05) is 25.4 Å². The van der Waals surface area contributed by atoms with E-state index in [0.29, 0.717) is 5.92 Å². The standard InChI is InChI=1S/C26H32F3N5OS/c1-17-13-18(5-7-20(17)26(27,28)29)21-14-25(21)9-11-34(16-25)10-4-12-36-24-31-30-23(33(24)3)19-6-8-22(35)32(2)15-19/h5-8,13,15,17,20-21H,4,9-12,14,16H2,1-3H3/t17?,20?,21-,25+/m1/s1. The molecule has 2 aromatic heterocycles. The zero-order valence-corrected chi connectivity index (χ0v) is 21.6. The zero-order chi connectivity index (χ0) is 25.7. The van der Waals surface area contributed by atoms with Gasteiger partial charge in [-0.3, -0.25) is 4.79 Å². The average molecular weight is 520 g/mol. The van der Waals surface area contributed by atoms with Crippen LogP contribution in [0.3, 0.4) is 0 Å². The van der Waals surface area contributed by atoms with Crippen LogP contribution in [0.2, 0.25) is 0 Å². The Balaban J connectivity index is 1.09. The van der Waals surface area contributed by atoms with E-state index in [-0.39, 0.29) is 11.0 Å². The summed E-state index contributed by atoms with van der Waals surface area (Å²) in [5, 5.41) is 9.48. The first-order valence-corrected chi connectivity index (χ1v) is 13.4. The molecule has 3 aliphatic rings. The van der Waals surface area contributed by atoms with E-state index in [9.17, 15) is 18.0 Å². The summed E-state index contributed by atoms with van der Waals surface area (Å²) in [6.45, 7) is 4.77. The van der Waals surface area contributed by atoms with Crippen LogP contribution >= 0.6 is 11.8 Å². The molecule has 1 saturated carbocycles. The zero-order valence-electron chi connectivity index (χ0n) is 20.8. The number of hydrogen-bond donors (Lipinski definition) is 0. The fraction of sp³-hybridized carbons (Fsp3) is 0.577. The van der Waals surface area contributed by atoms with E-state index in [0.717, 1.165) is 66.8 Å². The third-order valence-electron chi connectivity index (χ3n) is 7.98. The lowest BCUT2D eigenvalue weighted by Gasteiger charge is -2.26. The number of likely N-dealkylation sites (tertiary alicyclic amines) is 1. The smallest absolute Gasteiger partial charge is 0.318 e. The third-order valence-corrected chi connectivity index (χ3v) is 9.09. The first-order chi connectivity index (χ1) is 17.1. The van der Waals surface area contributed by atoms with Gasteiger partial charge in [-0.15, -0.1) is 10.2 Å². The van der Waals surface area contributed by atoms with Crippen molar-refractivity contribution >= 4 is 11.8 Å². The Morgan fingerprint density at radius 2 is 2.03 bits per heavy atom. The van der Waals surface area contributed by atoms with Gasteiger partial charge in [0.15, 0.2) is 11.0 Å². The van der Waals surface area contributed by atoms with Gasteiger partial charge < -0.3 is 14.0 Å². The molecule has 2 aromatic rings. The first kappa shape index (κ1) is 25.3. The number of rotatable bonds is 7. The Morgan fingerprint density at radius 3 is 2.75 bits per heavy atom. The lowest BCUT2D eigenvalue weighted by Crippen LogP contribution is -2.28. The van der Waals surface area contributed by atoms with E-state index < -0.39 is 18.0 Å². The maximum atomic E-state index is 13.2. The number of aromatic nitrogens is 4. The van der Waals surface area contributed by atoms with Crippen molar-refractivity contribution in [3.63, 3.8) is 0 Å². The van der Waals surface area contributed by atoms with Crippen molar-refractivity contribution in [1.82, 2.24) is 24.2 Å². The van der Waals surface area contributed by atoms with E-state index in [1.165, 1.54) is 16.7 Å². The summed E-state index contributed by atoms with van der Waals surface area (Å²) in [4.78, 5) is 14.1. The van der Waals surface area contributed by atoms with E-state index in [1.54, 1.807) is 44.1 Å². The molecule has 2 aliphatic carbocycles. The Bertz CT molecular complexity index is 1250. The molecular formula is C26H32F3N5OS. The molecule has 1 saturated heterocycles. The molecule has 6 nitrogen and oxygen atoms in total. The maximum absolute atomic E-state index is 13.2. The molecule has 2 fully saturated rings. The molecule has 0 N–H and O–H groups in total. The van der Waals surface area contributed by atoms with Gasteiger partial charge in [0, 0.05) is 44.2 Å². The fourth-order valence-corrected chi connectivity index (χ4v) is 6.64. The molecule has 10 heteroatoms. The van der Waals surface area contributed by atoms with Crippen molar-refractivity contribution < 1.29 is 13.2 Å². The van der Waals surface area contributed by atoms with Crippen molar-refractivity contribution in [3.8, 4) is 11.4 Å². The molecule has 4 atom stereocenters. The number of allylic oxidation sites excluding steroid dienone is 4. The molecule has 0 radical (unpaired) electrons. The number of thioether (sulfide) groups is 1. The van der Waals surface area contributed by atoms with Gasteiger partial charge in [-0.2, -0.15) is 13.2 Å². The Labute approximate surface area is 213 Å². The maximum Gasteiger partial charge on any atom is 0.395 e. The van der Waals surface area contributed by atoms with Crippen LogP contribution in [0.4, 0.5) is 13.2 Å². The van der Waals surface area contributed by atoms with Crippen LogP contribution in [-0.2, 0) is 14.1 Å². The van der Waals surface area contributed by atoms with Gasteiger partial charge in [-0.25, -0.2) is 0 Å². The van der Waals surface area contributed by atoms with Crippen LogP contribution in [0.5, 0.6) is 0 Å². The van der Waals surface area contributed by atoms with Gasteiger partial charge in [0.1, 0.15) is 0 Å². The summed E-state index contributed by atoms with van der Waals surface area (Å²) in [7, 11) is 3.66. The van der Waals surface area contributed by atoms with E-state index >= 15 is 0 Å². The van der Waals surface area contributed by atoms with Gasteiger partial charge in [0.2, 0.25) is 5.56 Å². The number of nitrogens with zero attached hydrogens (tertiary/aromatic N) is 5. The van der Waals surface area contributed by atoms with E-state index in [2.05, 4.69) is 15.1 Å². The van der Waals surface area contributed by atoms with Crippen LogP contribution in [0.15, 0.2) is 52.1 Å². The molecule has 2 unspecified atom stereocenters. The van der Waals surface area contributed by atoms with Crippen LogP contribution < -0.4 is 5.56 Å². The van der Waals surface area contributed by atoms with Crippen molar-refractivity contribution in [2.24, 2.45) is 37.3 Å². The number of aryl methyl sites for hydroxylation is 1. The molecule has 0 aromatic carbocycles. The quantitative estimate of drug-likeness (QED) is 0.393. The summed E-state index contributed by atoms with van der Waals surface area (Å²) in [5.74, 6) is 0.207. The summed E-state index contributed by atoms with van der Waals surface area (Å²) in [6.07, 6.45) is 5.80. The predicted molar refractivity (Wildman–Crippen MR) is 135 cm³/mol. The summed E-state index contributed by atoms with van der Waals surface area (Å²) in [6, 6.07) is 3.30. The van der Waals surface area contributed by atoms with Gasteiger partial charge in [-0.1, -0.05) is 36.9 Å². The number of pyridine rings is 1. The van der Waals surface area contributed by atoms with Crippen LogP contribution in [0, 0.1) is 23.2 Å². The SMILES string of the molecule is CC1C=C([C@H]2C[C@]23CCN(CCCSc2nnc(-c4ccc(=O)n(C)c4)n2C)C3)C=CC1C(F)(F)F. The minimum absolute atomic E-state index is 0.0617. The summed E-state index contributed by atoms with van der Waals surface area (Å²) < 4.78 is 43.0. The second-order valence-electron chi connectivity index (χ2n) is 10.5. The van der Waals surface area contributed by atoms with E-state index in [1.807, 2.05) is 17.7 Å². The lowest BCUT2D eigenvalue weighted by molar-refractivity contribution is -0.169. The number of hydrogen-bond acceptors (Lipinski definition) is 5. The lowest BCUT2D eigenvalue weighted by atomic mass is 9.84. The molecule has 5 rings (SSSR count). The molecule has 3 heterocycles. The molecule has 36 heavy (non-hydrogen) atoms. The van der Waals surface area contributed by atoms with Crippen molar-refractivity contribution in [1.29, 1.82) is 0 Å². The minimum atomic E-state index is -4.17. The largest absolute Gasteiger partial charge is 0.395 e. The van der Waals surface area contributed by atoms with Gasteiger partial charge >= 0.3 is 6.18 Å². The third kappa shape index (κ3) is 4.94. The monoisotopic (exact) mass is 519 g/mol. The number of alkyl halides is 3. The van der Waals surface area contributed by atoms with Crippen molar-refractivity contribution in [2.45, 2.75) is 37.5 Å². The Hall–Kier alpha value is -2.33. The second kappa shape index (κ2) is 9.52. The first-order valence-electron chi connectivity index (χ1n) is 12.5. The highest BCUT2D eigenvalue weighted by Gasteiger charge is 2.58. The predicted octanol–water partition coefficient (Wildman–Crippen LogP) is 4.69. The molecule has 0 amide bonds. The topological polar surface area (TPSA) is 56.0 Å².